The normalized spacial score (nSPS) is 14.6. The van der Waals surface area contributed by atoms with Crippen LogP contribution >= 0.6 is 0 Å². The molecule has 0 fully saturated rings. The van der Waals surface area contributed by atoms with Gasteiger partial charge in [0, 0.05) is 13.7 Å². The van der Waals surface area contributed by atoms with Crippen molar-refractivity contribution >= 4 is 0 Å². The Kier molecular flexibility index (Phi) is 5.41. The predicted octanol–water partition coefficient (Wildman–Crippen LogP) is 1.49. The van der Waals surface area contributed by atoms with E-state index in [-0.39, 0.29) is 6.10 Å². The fraction of sp³-hybridized carbons (Fsp3) is 1.00. The number of hydrogen-bond acceptors (Lipinski definition) is 3. The maximum atomic E-state index is 5.19. The van der Waals surface area contributed by atoms with E-state index in [1.54, 1.807) is 7.05 Å². The second-order valence-corrected chi connectivity index (χ2v) is 1.79. The van der Waals surface area contributed by atoms with Gasteiger partial charge in [-0.2, -0.15) is 10.2 Å². The fourth-order valence-electron chi connectivity index (χ4n) is 0.534. The summed E-state index contributed by atoms with van der Waals surface area (Å²) >= 11 is 0. The minimum absolute atomic E-state index is 0.207. The van der Waals surface area contributed by atoms with Gasteiger partial charge in [-0.3, -0.25) is 0 Å². The molecule has 0 aliphatic rings. The number of hydrogen-bond donors (Lipinski definition) is 0. The maximum absolute atomic E-state index is 5.19. The fourth-order valence-corrected chi connectivity index (χ4v) is 0.534. The SMILES string of the molecule is CCOC(C)CN=NC. The molecular formula is C6H14N2O. The van der Waals surface area contributed by atoms with Gasteiger partial charge in [-0.1, -0.05) is 0 Å². The van der Waals surface area contributed by atoms with Gasteiger partial charge in [0.1, 0.15) is 0 Å². The first-order chi connectivity index (χ1) is 4.31. The molecule has 0 bridgehead atoms. The molecule has 1 atom stereocenters. The van der Waals surface area contributed by atoms with E-state index in [4.69, 9.17) is 4.74 Å². The molecule has 0 amide bonds. The van der Waals surface area contributed by atoms with Crippen molar-refractivity contribution in [2.75, 3.05) is 20.2 Å². The Hall–Kier alpha value is -0.440. The van der Waals surface area contributed by atoms with E-state index < -0.39 is 0 Å². The van der Waals surface area contributed by atoms with Crippen LogP contribution in [0.1, 0.15) is 13.8 Å². The molecule has 1 unspecified atom stereocenters. The first-order valence-corrected chi connectivity index (χ1v) is 3.18. The van der Waals surface area contributed by atoms with E-state index in [1.807, 2.05) is 13.8 Å². The Morgan fingerprint density at radius 2 is 2.22 bits per heavy atom. The van der Waals surface area contributed by atoms with Crippen LogP contribution in [0.3, 0.4) is 0 Å². The Labute approximate surface area is 56.1 Å². The maximum Gasteiger partial charge on any atom is 0.0858 e. The van der Waals surface area contributed by atoms with E-state index >= 15 is 0 Å². The molecule has 0 spiro atoms. The van der Waals surface area contributed by atoms with Crippen LogP contribution in [0.25, 0.3) is 0 Å². The molecule has 0 radical (unpaired) electrons. The average molecular weight is 130 g/mol. The zero-order chi connectivity index (χ0) is 7.11. The molecule has 0 N–H and O–H groups in total. The Bertz CT molecular complexity index is 83.1. The smallest absolute Gasteiger partial charge is 0.0858 e. The van der Waals surface area contributed by atoms with Crippen molar-refractivity contribution in [2.45, 2.75) is 20.0 Å². The summed E-state index contributed by atoms with van der Waals surface area (Å²) in [5.41, 5.74) is 0. The topological polar surface area (TPSA) is 34.0 Å². The van der Waals surface area contributed by atoms with Crippen LogP contribution in [0.2, 0.25) is 0 Å². The van der Waals surface area contributed by atoms with E-state index in [0.29, 0.717) is 6.54 Å². The second-order valence-electron chi connectivity index (χ2n) is 1.79. The molecule has 0 aliphatic heterocycles. The highest BCUT2D eigenvalue weighted by molar-refractivity contribution is 4.49. The van der Waals surface area contributed by atoms with Crippen molar-refractivity contribution in [3.63, 3.8) is 0 Å². The quantitative estimate of drug-likeness (QED) is 0.531. The average Bonchev–Trinajstić information content (AvgIpc) is 1.85. The van der Waals surface area contributed by atoms with Gasteiger partial charge in [-0.25, -0.2) is 0 Å². The lowest BCUT2D eigenvalue weighted by atomic mass is 10.4. The molecular weight excluding hydrogens is 116 g/mol. The van der Waals surface area contributed by atoms with E-state index in [9.17, 15) is 0 Å². The molecule has 0 aromatic carbocycles. The molecule has 54 valence electrons. The van der Waals surface area contributed by atoms with Gasteiger partial charge in [0.05, 0.1) is 12.6 Å². The van der Waals surface area contributed by atoms with Crippen molar-refractivity contribution < 1.29 is 4.74 Å². The lowest BCUT2D eigenvalue weighted by molar-refractivity contribution is 0.0819. The van der Waals surface area contributed by atoms with Crippen LogP contribution in [-0.4, -0.2) is 26.3 Å². The molecule has 0 aromatic rings. The summed E-state index contributed by atoms with van der Waals surface area (Å²) < 4.78 is 5.19. The van der Waals surface area contributed by atoms with Crippen molar-refractivity contribution in [3.8, 4) is 0 Å². The zero-order valence-electron chi connectivity index (χ0n) is 6.29. The van der Waals surface area contributed by atoms with Gasteiger partial charge in [0.15, 0.2) is 0 Å². The number of rotatable bonds is 4. The third kappa shape index (κ3) is 5.43. The monoisotopic (exact) mass is 130 g/mol. The van der Waals surface area contributed by atoms with E-state index in [1.165, 1.54) is 0 Å². The minimum Gasteiger partial charge on any atom is -0.377 e. The lowest BCUT2D eigenvalue weighted by Gasteiger charge is -2.05. The molecule has 0 aliphatic carbocycles. The first kappa shape index (κ1) is 8.56. The van der Waals surface area contributed by atoms with Gasteiger partial charge in [-0.05, 0) is 13.8 Å². The highest BCUT2D eigenvalue weighted by Gasteiger charge is 1.96. The summed E-state index contributed by atoms with van der Waals surface area (Å²) in [5, 5.41) is 7.39. The number of azo groups is 1. The largest absolute Gasteiger partial charge is 0.377 e. The summed E-state index contributed by atoms with van der Waals surface area (Å²) in [6.45, 7) is 5.38. The zero-order valence-corrected chi connectivity index (χ0v) is 6.29. The van der Waals surface area contributed by atoms with Crippen LogP contribution in [0, 0.1) is 0 Å². The summed E-state index contributed by atoms with van der Waals surface area (Å²) in [6, 6.07) is 0. The van der Waals surface area contributed by atoms with Gasteiger partial charge >= 0.3 is 0 Å². The highest BCUT2D eigenvalue weighted by Crippen LogP contribution is 1.89. The van der Waals surface area contributed by atoms with Crippen molar-refractivity contribution in [2.24, 2.45) is 10.2 Å². The molecule has 0 heterocycles. The number of nitrogens with zero attached hydrogens (tertiary/aromatic N) is 2. The molecule has 0 saturated carbocycles. The standard InChI is InChI=1S/C6H14N2O/c1-4-9-6(2)5-8-7-3/h6H,4-5H2,1-3H3. The minimum atomic E-state index is 0.207. The van der Waals surface area contributed by atoms with E-state index in [2.05, 4.69) is 10.2 Å². The molecule has 0 aromatic heterocycles. The summed E-state index contributed by atoms with van der Waals surface area (Å²) in [6.07, 6.45) is 0.207. The van der Waals surface area contributed by atoms with Crippen molar-refractivity contribution in [1.29, 1.82) is 0 Å². The Morgan fingerprint density at radius 1 is 1.56 bits per heavy atom. The summed E-state index contributed by atoms with van der Waals surface area (Å²) in [7, 11) is 1.67. The number of ether oxygens (including phenoxy) is 1. The van der Waals surface area contributed by atoms with Crippen LogP contribution in [-0.2, 0) is 4.74 Å². The van der Waals surface area contributed by atoms with Crippen LogP contribution < -0.4 is 0 Å². The van der Waals surface area contributed by atoms with Crippen molar-refractivity contribution in [3.05, 3.63) is 0 Å². The molecule has 0 saturated heterocycles. The Morgan fingerprint density at radius 3 is 2.67 bits per heavy atom. The molecule has 3 nitrogen and oxygen atoms in total. The predicted molar refractivity (Wildman–Crippen MR) is 36.7 cm³/mol. The first-order valence-electron chi connectivity index (χ1n) is 3.18. The molecule has 3 heteroatoms. The molecule has 9 heavy (non-hydrogen) atoms. The lowest BCUT2D eigenvalue weighted by Crippen LogP contribution is -2.10. The van der Waals surface area contributed by atoms with E-state index in [0.717, 1.165) is 6.61 Å². The van der Waals surface area contributed by atoms with Crippen LogP contribution in [0.5, 0.6) is 0 Å². The van der Waals surface area contributed by atoms with Crippen molar-refractivity contribution in [1.82, 2.24) is 0 Å². The second kappa shape index (κ2) is 5.69. The van der Waals surface area contributed by atoms with Gasteiger partial charge in [0.2, 0.25) is 0 Å². The third-order valence-electron chi connectivity index (χ3n) is 0.931. The van der Waals surface area contributed by atoms with Gasteiger partial charge in [0.25, 0.3) is 0 Å². The van der Waals surface area contributed by atoms with Crippen LogP contribution in [0.4, 0.5) is 0 Å². The summed E-state index contributed by atoms with van der Waals surface area (Å²) in [5.74, 6) is 0. The van der Waals surface area contributed by atoms with Gasteiger partial charge < -0.3 is 4.74 Å². The third-order valence-corrected chi connectivity index (χ3v) is 0.931. The highest BCUT2D eigenvalue weighted by atomic mass is 16.5. The Balaban J connectivity index is 3.15. The summed E-state index contributed by atoms with van der Waals surface area (Å²) in [4.78, 5) is 0. The van der Waals surface area contributed by atoms with Gasteiger partial charge in [-0.15, -0.1) is 0 Å². The van der Waals surface area contributed by atoms with Crippen LogP contribution in [0.15, 0.2) is 10.2 Å². The molecule has 0 rings (SSSR count).